The van der Waals surface area contributed by atoms with Crippen molar-refractivity contribution >= 4 is 23.0 Å². The molecule has 0 aliphatic carbocycles. The van der Waals surface area contributed by atoms with E-state index in [1.165, 1.54) is 12.8 Å². The van der Waals surface area contributed by atoms with Crippen LogP contribution in [-0.4, -0.2) is 23.1 Å². The molecule has 1 aromatic carbocycles. The first-order valence-electron chi connectivity index (χ1n) is 8.82. The highest BCUT2D eigenvalue weighted by molar-refractivity contribution is 5.65. The number of nitrogens with zero attached hydrogens (tertiary/aromatic N) is 6. The summed E-state index contributed by atoms with van der Waals surface area (Å²) >= 11 is 0. The van der Waals surface area contributed by atoms with Gasteiger partial charge in [0.1, 0.15) is 41.4 Å². The SMILES string of the molecule is Cc1nc(Nc2ccc(NC(C#N)=C(C#N)C#N)cc2)cc(N2CCCC2)n1. The van der Waals surface area contributed by atoms with E-state index >= 15 is 0 Å². The van der Waals surface area contributed by atoms with Crippen LogP contribution in [0.2, 0.25) is 0 Å². The summed E-state index contributed by atoms with van der Waals surface area (Å²) in [6, 6.07) is 14.3. The minimum Gasteiger partial charge on any atom is -0.356 e. The van der Waals surface area contributed by atoms with E-state index in [-0.39, 0.29) is 11.3 Å². The lowest BCUT2D eigenvalue weighted by atomic mass is 10.2. The van der Waals surface area contributed by atoms with Crippen molar-refractivity contribution in [3.05, 3.63) is 47.4 Å². The lowest BCUT2D eigenvalue weighted by molar-refractivity contribution is 0.912. The van der Waals surface area contributed by atoms with Gasteiger partial charge in [0, 0.05) is 30.5 Å². The minimum atomic E-state index is -0.254. The van der Waals surface area contributed by atoms with Crippen molar-refractivity contribution < 1.29 is 0 Å². The summed E-state index contributed by atoms with van der Waals surface area (Å²) in [5.41, 5.74) is 1.09. The molecule has 0 unspecified atom stereocenters. The van der Waals surface area contributed by atoms with Crippen LogP contribution in [0.5, 0.6) is 0 Å². The Labute approximate surface area is 163 Å². The molecule has 0 radical (unpaired) electrons. The molecular formula is C20H18N8. The number of aryl methyl sites for hydroxylation is 1. The Bertz CT molecular complexity index is 996. The van der Waals surface area contributed by atoms with Gasteiger partial charge in [-0.05, 0) is 44.0 Å². The molecule has 8 nitrogen and oxygen atoms in total. The van der Waals surface area contributed by atoms with Crippen molar-refractivity contribution in [2.24, 2.45) is 0 Å². The van der Waals surface area contributed by atoms with Gasteiger partial charge in [-0.3, -0.25) is 0 Å². The fourth-order valence-electron chi connectivity index (χ4n) is 2.94. The Morgan fingerprint density at radius 1 is 0.964 bits per heavy atom. The normalized spacial score (nSPS) is 12.4. The number of nitrogens with one attached hydrogen (secondary N) is 2. The average molecular weight is 370 g/mol. The van der Waals surface area contributed by atoms with Gasteiger partial charge < -0.3 is 15.5 Å². The Hall–Kier alpha value is -4.09. The molecule has 0 saturated carbocycles. The van der Waals surface area contributed by atoms with Gasteiger partial charge >= 0.3 is 0 Å². The second-order valence-corrected chi connectivity index (χ2v) is 6.27. The molecule has 8 heteroatoms. The van der Waals surface area contributed by atoms with Crippen LogP contribution in [0.3, 0.4) is 0 Å². The second-order valence-electron chi connectivity index (χ2n) is 6.27. The lowest BCUT2D eigenvalue weighted by Gasteiger charge is -2.18. The molecule has 1 aliphatic heterocycles. The summed E-state index contributed by atoms with van der Waals surface area (Å²) in [6.07, 6.45) is 2.36. The van der Waals surface area contributed by atoms with Gasteiger partial charge in [-0.15, -0.1) is 0 Å². The molecule has 0 spiro atoms. The Balaban J connectivity index is 1.75. The number of anilines is 4. The average Bonchev–Trinajstić information content (AvgIpc) is 3.24. The summed E-state index contributed by atoms with van der Waals surface area (Å²) in [6.45, 7) is 3.90. The highest BCUT2D eigenvalue weighted by Crippen LogP contribution is 2.24. The van der Waals surface area contributed by atoms with Crippen molar-refractivity contribution in [2.75, 3.05) is 28.6 Å². The molecule has 138 valence electrons. The highest BCUT2D eigenvalue weighted by Gasteiger charge is 2.15. The topological polar surface area (TPSA) is 124 Å². The maximum absolute atomic E-state index is 9.11. The van der Waals surface area contributed by atoms with E-state index in [0.717, 1.165) is 24.6 Å². The second kappa shape index (κ2) is 8.53. The van der Waals surface area contributed by atoms with E-state index in [1.54, 1.807) is 24.3 Å². The zero-order valence-electron chi connectivity index (χ0n) is 15.4. The third-order valence-electron chi connectivity index (χ3n) is 4.27. The number of benzene rings is 1. The third-order valence-corrected chi connectivity index (χ3v) is 4.27. The number of allylic oxidation sites excluding steroid dienone is 2. The summed E-state index contributed by atoms with van der Waals surface area (Å²) in [5, 5.41) is 32.9. The molecule has 1 saturated heterocycles. The Kier molecular flexibility index (Phi) is 5.69. The van der Waals surface area contributed by atoms with Crippen LogP contribution in [0.25, 0.3) is 0 Å². The van der Waals surface area contributed by atoms with Crippen LogP contribution < -0.4 is 15.5 Å². The van der Waals surface area contributed by atoms with E-state index < -0.39 is 0 Å². The molecule has 1 aromatic heterocycles. The maximum atomic E-state index is 9.11. The van der Waals surface area contributed by atoms with Crippen LogP contribution in [0, 0.1) is 40.9 Å². The van der Waals surface area contributed by atoms with Gasteiger partial charge in [-0.1, -0.05) is 0 Å². The molecule has 3 rings (SSSR count). The van der Waals surface area contributed by atoms with Gasteiger partial charge in [0.05, 0.1) is 0 Å². The molecule has 1 aliphatic rings. The zero-order chi connectivity index (χ0) is 19.9. The van der Waals surface area contributed by atoms with Gasteiger partial charge in [0.15, 0.2) is 5.57 Å². The molecule has 0 amide bonds. The van der Waals surface area contributed by atoms with Gasteiger partial charge in [-0.2, -0.15) is 15.8 Å². The number of nitriles is 3. The summed E-state index contributed by atoms with van der Waals surface area (Å²) in [4.78, 5) is 11.2. The Morgan fingerprint density at radius 2 is 1.61 bits per heavy atom. The van der Waals surface area contributed by atoms with Gasteiger partial charge in [-0.25, -0.2) is 9.97 Å². The van der Waals surface area contributed by atoms with E-state index in [9.17, 15) is 0 Å². The van der Waals surface area contributed by atoms with Crippen molar-refractivity contribution in [3.63, 3.8) is 0 Å². The number of hydrogen-bond donors (Lipinski definition) is 2. The molecule has 28 heavy (non-hydrogen) atoms. The smallest absolute Gasteiger partial charge is 0.163 e. The zero-order valence-corrected chi connectivity index (χ0v) is 15.4. The first-order valence-corrected chi connectivity index (χ1v) is 8.82. The summed E-state index contributed by atoms with van der Waals surface area (Å²) < 4.78 is 0. The lowest BCUT2D eigenvalue weighted by Crippen LogP contribution is -2.19. The van der Waals surface area contributed by atoms with Crippen molar-refractivity contribution in [1.82, 2.24) is 9.97 Å². The standard InChI is InChI=1S/C20H18N8/c1-14-24-19(10-20(25-14)28-8-2-3-9-28)27-17-6-4-16(5-7-17)26-18(13-23)15(11-21)12-22/h4-7,10,26H,2-3,8-9H2,1H3,(H,24,25,27). The number of aromatic nitrogens is 2. The van der Waals surface area contributed by atoms with Crippen LogP contribution in [0.15, 0.2) is 41.6 Å². The first-order chi connectivity index (χ1) is 13.6. The van der Waals surface area contributed by atoms with Crippen LogP contribution in [-0.2, 0) is 0 Å². The van der Waals surface area contributed by atoms with Gasteiger partial charge in [0.2, 0.25) is 0 Å². The first kappa shape index (κ1) is 18.7. The summed E-state index contributed by atoms with van der Waals surface area (Å²) in [5.74, 6) is 2.34. The van der Waals surface area contributed by atoms with Crippen LogP contribution in [0.4, 0.5) is 23.0 Å². The number of hydrogen-bond acceptors (Lipinski definition) is 8. The van der Waals surface area contributed by atoms with Crippen molar-refractivity contribution in [3.8, 4) is 18.2 Å². The summed E-state index contributed by atoms with van der Waals surface area (Å²) in [7, 11) is 0. The van der Waals surface area contributed by atoms with Crippen molar-refractivity contribution in [2.45, 2.75) is 19.8 Å². The van der Waals surface area contributed by atoms with E-state index in [4.69, 9.17) is 15.8 Å². The monoisotopic (exact) mass is 370 g/mol. The van der Waals surface area contributed by atoms with E-state index in [2.05, 4.69) is 25.5 Å². The van der Waals surface area contributed by atoms with E-state index in [1.807, 2.05) is 31.2 Å². The molecule has 2 N–H and O–H groups in total. The molecule has 2 heterocycles. The molecule has 0 atom stereocenters. The maximum Gasteiger partial charge on any atom is 0.163 e. The Morgan fingerprint density at radius 3 is 2.21 bits per heavy atom. The fraction of sp³-hybridized carbons (Fsp3) is 0.250. The molecular weight excluding hydrogens is 352 g/mol. The molecule has 0 bridgehead atoms. The molecule has 1 fully saturated rings. The largest absolute Gasteiger partial charge is 0.356 e. The highest BCUT2D eigenvalue weighted by atomic mass is 15.2. The van der Waals surface area contributed by atoms with E-state index in [0.29, 0.717) is 17.3 Å². The quantitative estimate of drug-likeness (QED) is 0.768. The van der Waals surface area contributed by atoms with Crippen LogP contribution in [0.1, 0.15) is 18.7 Å². The number of rotatable bonds is 5. The minimum absolute atomic E-state index is 0.0765. The van der Waals surface area contributed by atoms with Crippen molar-refractivity contribution in [1.29, 1.82) is 15.8 Å². The third kappa shape index (κ3) is 4.35. The fourth-order valence-corrected chi connectivity index (χ4v) is 2.94. The van der Waals surface area contributed by atoms with Crippen LogP contribution >= 0.6 is 0 Å². The van der Waals surface area contributed by atoms with Gasteiger partial charge in [0.25, 0.3) is 0 Å². The predicted octanol–water partition coefficient (Wildman–Crippen LogP) is 3.37. The predicted molar refractivity (Wildman–Crippen MR) is 105 cm³/mol. The molecule has 2 aromatic rings.